The molecule has 0 radical (unpaired) electrons. The van der Waals surface area contributed by atoms with E-state index in [0.717, 1.165) is 12.8 Å². The number of benzene rings is 1. The monoisotopic (exact) mass is 387 g/mol. The molecule has 0 unspecified atom stereocenters. The van der Waals surface area contributed by atoms with E-state index >= 15 is 0 Å². The molecule has 0 spiro atoms. The van der Waals surface area contributed by atoms with Crippen molar-refractivity contribution in [1.29, 1.82) is 0 Å². The van der Waals surface area contributed by atoms with E-state index in [1.807, 2.05) is 13.8 Å². The van der Waals surface area contributed by atoms with Gasteiger partial charge in [-0.25, -0.2) is 4.79 Å². The Kier molecular flexibility index (Phi) is 7.88. The Morgan fingerprint density at radius 1 is 1.22 bits per heavy atom. The molecule has 0 aliphatic rings. The van der Waals surface area contributed by atoms with Crippen LogP contribution in [0.4, 0.5) is 0 Å². The number of methoxy groups -OCH3 is 2. The fraction of sp³-hybridized carbons (Fsp3) is 0.500. The van der Waals surface area contributed by atoms with Crippen LogP contribution in [0.1, 0.15) is 37.0 Å². The molecule has 0 aromatic heterocycles. The number of esters is 1. The van der Waals surface area contributed by atoms with Crippen molar-refractivity contribution in [3.63, 3.8) is 0 Å². The molecule has 23 heavy (non-hydrogen) atoms. The molecule has 0 aliphatic heterocycles. The van der Waals surface area contributed by atoms with Gasteiger partial charge in [-0.2, -0.15) is 0 Å². The van der Waals surface area contributed by atoms with Crippen molar-refractivity contribution in [2.75, 3.05) is 20.8 Å². The van der Waals surface area contributed by atoms with Gasteiger partial charge in [-0.3, -0.25) is 4.79 Å². The van der Waals surface area contributed by atoms with Gasteiger partial charge in [0.25, 0.3) is 5.91 Å². The van der Waals surface area contributed by atoms with E-state index in [9.17, 15) is 9.59 Å². The van der Waals surface area contributed by atoms with E-state index in [0.29, 0.717) is 16.0 Å². The summed E-state index contributed by atoms with van der Waals surface area (Å²) in [5, 5.41) is 2.77. The van der Waals surface area contributed by atoms with Gasteiger partial charge >= 0.3 is 5.97 Å². The Bertz CT molecular complexity index is 536. The Labute approximate surface area is 144 Å². The Morgan fingerprint density at radius 2 is 1.78 bits per heavy atom. The first kappa shape index (κ1) is 19.3. The van der Waals surface area contributed by atoms with Gasteiger partial charge in [0, 0.05) is 6.04 Å². The molecular formula is C16H22BrNO5. The summed E-state index contributed by atoms with van der Waals surface area (Å²) in [6, 6.07) is 3.10. The second kappa shape index (κ2) is 9.39. The Hall–Kier alpha value is -1.76. The van der Waals surface area contributed by atoms with Crippen molar-refractivity contribution >= 4 is 27.8 Å². The van der Waals surface area contributed by atoms with E-state index in [-0.39, 0.29) is 24.1 Å². The van der Waals surface area contributed by atoms with Crippen molar-refractivity contribution in [2.24, 2.45) is 0 Å². The molecule has 6 nitrogen and oxygen atoms in total. The van der Waals surface area contributed by atoms with Crippen LogP contribution in [0.15, 0.2) is 16.6 Å². The molecule has 0 bridgehead atoms. The molecule has 0 heterocycles. The summed E-state index contributed by atoms with van der Waals surface area (Å²) in [6.45, 7) is 3.62. The number of hydrogen-bond acceptors (Lipinski definition) is 5. The molecule has 1 N–H and O–H groups in total. The van der Waals surface area contributed by atoms with Crippen molar-refractivity contribution < 1.29 is 23.8 Å². The maximum atomic E-state index is 12.1. The summed E-state index contributed by atoms with van der Waals surface area (Å²) < 4.78 is 16.0. The van der Waals surface area contributed by atoms with Gasteiger partial charge in [-0.05, 0) is 41.4 Å². The minimum Gasteiger partial charge on any atom is -0.495 e. The van der Waals surface area contributed by atoms with Crippen LogP contribution in [-0.4, -0.2) is 38.7 Å². The second-order valence-electron chi connectivity index (χ2n) is 5.03. The predicted octanol–water partition coefficient (Wildman–Crippen LogP) is 2.93. The van der Waals surface area contributed by atoms with Crippen LogP contribution >= 0.6 is 15.9 Å². The predicted molar refractivity (Wildman–Crippen MR) is 90.0 cm³/mol. The number of halogens is 1. The van der Waals surface area contributed by atoms with Gasteiger partial charge in [0.2, 0.25) is 0 Å². The normalized spacial score (nSPS) is 11.5. The lowest BCUT2D eigenvalue weighted by molar-refractivity contribution is -0.124. The molecule has 0 fully saturated rings. The second-order valence-corrected chi connectivity index (χ2v) is 5.82. The highest BCUT2D eigenvalue weighted by Crippen LogP contribution is 2.35. The fourth-order valence-electron chi connectivity index (χ4n) is 2.02. The summed E-state index contributed by atoms with van der Waals surface area (Å²) in [4.78, 5) is 23.8. The minimum absolute atomic E-state index is 0.0547. The molecule has 1 aromatic rings. The van der Waals surface area contributed by atoms with E-state index in [1.165, 1.54) is 26.4 Å². The summed E-state index contributed by atoms with van der Waals surface area (Å²) >= 11 is 3.32. The number of hydrogen-bond donors (Lipinski definition) is 1. The quantitative estimate of drug-likeness (QED) is 0.694. The zero-order valence-electron chi connectivity index (χ0n) is 13.8. The molecule has 1 rings (SSSR count). The van der Waals surface area contributed by atoms with Gasteiger partial charge in [0.15, 0.2) is 6.61 Å². The fourth-order valence-corrected chi connectivity index (χ4v) is 2.58. The molecule has 7 heteroatoms. The largest absolute Gasteiger partial charge is 0.495 e. The van der Waals surface area contributed by atoms with Crippen LogP contribution in [-0.2, 0) is 9.53 Å². The first-order chi connectivity index (χ1) is 10.9. The molecule has 0 saturated heterocycles. The zero-order valence-corrected chi connectivity index (χ0v) is 15.4. The summed E-state index contributed by atoms with van der Waals surface area (Å²) in [7, 11) is 2.97. The molecule has 0 saturated carbocycles. The van der Waals surface area contributed by atoms with Crippen LogP contribution in [0.25, 0.3) is 0 Å². The molecule has 1 amide bonds. The lowest BCUT2D eigenvalue weighted by Gasteiger charge is -2.13. The zero-order chi connectivity index (χ0) is 17.4. The van der Waals surface area contributed by atoms with Crippen LogP contribution < -0.4 is 14.8 Å². The Balaban J connectivity index is 2.70. The van der Waals surface area contributed by atoms with Gasteiger partial charge in [-0.15, -0.1) is 0 Å². The topological polar surface area (TPSA) is 73.9 Å². The Morgan fingerprint density at radius 3 is 2.26 bits per heavy atom. The summed E-state index contributed by atoms with van der Waals surface area (Å²) in [5.41, 5.74) is 0.247. The molecule has 128 valence electrons. The first-order valence-corrected chi connectivity index (χ1v) is 8.10. The van der Waals surface area contributed by atoms with Gasteiger partial charge in [0.05, 0.1) is 19.8 Å². The molecule has 1 atom stereocenters. The van der Waals surface area contributed by atoms with Gasteiger partial charge < -0.3 is 19.5 Å². The number of rotatable bonds is 8. The van der Waals surface area contributed by atoms with E-state index < -0.39 is 5.97 Å². The number of ether oxygens (including phenoxy) is 3. The van der Waals surface area contributed by atoms with Gasteiger partial charge in [0.1, 0.15) is 16.0 Å². The first-order valence-electron chi connectivity index (χ1n) is 7.30. The maximum Gasteiger partial charge on any atom is 0.338 e. The molecular weight excluding hydrogens is 366 g/mol. The minimum atomic E-state index is -0.618. The molecule has 0 aliphatic carbocycles. The van der Waals surface area contributed by atoms with E-state index in [1.54, 1.807) is 0 Å². The number of amides is 1. The highest BCUT2D eigenvalue weighted by Gasteiger charge is 2.17. The third-order valence-electron chi connectivity index (χ3n) is 3.14. The highest BCUT2D eigenvalue weighted by molar-refractivity contribution is 9.10. The van der Waals surface area contributed by atoms with Crippen LogP contribution in [0.3, 0.4) is 0 Å². The lowest BCUT2D eigenvalue weighted by Crippen LogP contribution is -2.35. The third kappa shape index (κ3) is 5.74. The smallest absolute Gasteiger partial charge is 0.338 e. The lowest BCUT2D eigenvalue weighted by atomic mass is 10.2. The average molecular weight is 388 g/mol. The van der Waals surface area contributed by atoms with Gasteiger partial charge in [-0.1, -0.05) is 13.3 Å². The van der Waals surface area contributed by atoms with E-state index in [4.69, 9.17) is 14.2 Å². The summed E-state index contributed by atoms with van der Waals surface area (Å²) in [5.74, 6) is -0.0580. The number of carbonyl (C=O) groups is 2. The highest BCUT2D eigenvalue weighted by atomic mass is 79.9. The number of carbonyl (C=O) groups excluding carboxylic acids is 2. The average Bonchev–Trinajstić information content (AvgIpc) is 2.52. The van der Waals surface area contributed by atoms with Crippen molar-refractivity contribution in [2.45, 2.75) is 32.7 Å². The summed E-state index contributed by atoms with van der Waals surface area (Å²) in [6.07, 6.45) is 1.85. The van der Waals surface area contributed by atoms with Crippen LogP contribution in [0.2, 0.25) is 0 Å². The third-order valence-corrected chi connectivity index (χ3v) is 3.93. The standard InChI is InChI=1S/C16H22BrNO5/c1-5-6-10(2)18-14(19)9-23-16(20)11-7-12(21-3)15(17)13(8-11)22-4/h7-8,10H,5-6,9H2,1-4H3,(H,18,19)/t10-/m0/s1. The number of nitrogens with one attached hydrogen (secondary N) is 1. The van der Waals surface area contributed by atoms with Crippen LogP contribution in [0, 0.1) is 0 Å². The SMILES string of the molecule is CCC[C@H](C)NC(=O)COC(=O)c1cc(OC)c(Br)c(OC)c1. The van der Waals surface area contributed by atoms with Crippen molar-refractivity contribution in [1.82, 2.24) is 5.32 Å². The van der Waals surface area contributed by atoms with Crippen molar-refractivity contribution in [3.8, 4) is 11.5 Å². The van der Waals surface area contributed by atoms with Crippen molar-refractivity contribution in [3.05, 3.63) is 22.2 Å². The molecule has 1 aromatic carbocycles. The van der Waals surface area contributed by atoms with E-state index in [2.05, 4.69) is 21.2 Å². The maximum absolute atomic E-state index is 12.1. The van der Waals surface area contributed by atoms with Crippen LogP contribution in [0.5, 0.6) is 11.5 Å².